The Morgan fingerprint density at radius 2 is 2.14 bits per heavy atom. The predicted octanol–water partition coefficient (Wildman–Crippen LogP) is 0.623. The van der Waals surface area contributed by atoms with Crippen molar-refractivity contribution >= 4 is 16.7 Å². The summed E-state index contributed by atoms with van der Waals surface area (Å²) < 4.78 is 4.38. The largest absolute Gasteiger partial charge is 0.392 e. The van der Waals surface area contributed by atoms with Crippen LogP contribution in [0.1, 0.15) is 5.56 Å². The molecule has 0 aliphatic carbocycles. The maximum Gasteiger partial charge on any atom is 0.300 e. The van der Waals surface area contributed by atoms with Crippen molar-refractivity contribution in [1.29, 1.82) is 0 Å². The van der Waals surface area contributed by atoms with Crippen molar-refractivity contribution in [1.82, 2.24) is 10.3 Å². The molecule has 2 rings (SSSR count). The second-order valence-electron chi connectivity index (χ2n) is 2.62. The van der Waals surface area contributed by atoms with E-state index in [9.17, 15) is 10.1 Å². The van der Waals surface area contributed by atoms with Gasteiger partial charge in [-0.3, -0.25) is 10.1 Å². The van der Waals surface area contributed by atoms with Gasteiger partial charge < -0.3 is 5.11 Å². The van der Waals surface area contributed by atoms with E-state index >= 15 is 0 Å². The van der Waals surface area contributed by atoms with Crippen molar-refractivity contribution in [2.75, 3.05) is 0 Å². The Bertz CT molecular complexity index is 493. The zero-order chi connectivity index (χ0) is 10.1. The number of hydrogen-bond donors (Lipinski definition) is 1. The van der Waals surface area contributed by atoms with E-state index in [0.29, 0.717) is 5.56 Å². The van der Waals surface area contributed by atoms with Crippen LogP contribution < -0.4 is 0 Å². The van der Waals surface area contributed by atoms with Gasteiger partial charge in [0.25, 0.3) is 0 Å². The van der Waals surface area contributed by atoms with E-state index in [1.165, 1.54) is 12.1 Å². The highest BCUT2D eigenvalue weighted by atomic mass is 16.6. The van der Waals surface area contributed by atoms with Gasteiger partial charge in [0.1, 0.15) is 5.52 Å². The summed E-state index contributed by atoms with van der Waals surface area (Å²) >= 11 is 0. The van der Waals surface area contributed by atoms with E-state index in [-0.39, 0.29) is 23.3 Å². The lowest BCUT2D eigenvalue weighted by atomic mass is 10.1. The van der Waals surface area contributed by atoms with Crippen LogP contribution in [0.4, 0.5) is 5.69 Å². The molecule has 0 unspecified atom stereocenters. The number of aliphatic hydroxyl groups excluding tert-OH is 1. The first kappa shape index (κ1) is 8.57. The highest BCUT2D eigenvalue weighted by molar-refractivity contribution is 5.85. The van der Waals surface area contributed by atoms with Crippen molar-refractivity contribution in [2.24, 2.45) is 0 Å². The van der Waals surface area contributed by atoms with Gasteiger partial charge in [-0.05, 0) is 16.4 Å². The summed E-state index contributed by atoms with van der Waals surface area (Å²) in [7, 11) is 0. The van der Waals surface area contributed by atoms with Gasteiger partial charge in [0.05, 0.1) is 11.5 Å². The molecule has 0 fully saturated rings. The number of nitro groups is 1. The first-order valence-electron chi connectivity index (χ1n) is 3.73. The molecule has 14 heavy (non-hydrogen) atoms. The third-order valence-electron chi connectivity index (χ3n) is 1.84. The summed E-state index contributed by atoms with van der Waals surface area (Å²) in [5.74, 6) is 0. The number of aromatic nitrogens is 2. The first-order valence-corrected chi connectivity index (χ1v) is 3.73. The Morgan fingerprint density at radius 1 is 1.43 bits per heavy atom. The number of non-ortho nitro benzene ring substituents is 1. The quantitative estimate of drug-likeness (QED) is 0.556. The van der Waals surface area contributed by atoms with Crippen molar-refractivity contribution in [3.8, 4) is 0 Å². The zero-order valence-electron chi connectivity index (χ0n) is 6.88. The molecule has 0 amide bonds. The van der Waals surface area contributed by atoms with Crippen LogP contribution in [-0.2, 0) is 6.61 Å². The molecule has 0 aliphatic heterocycles. The molecule has 7 nitrogen and oxygen atoms in total. The topological polar surface area (TPSA) is 102 Å². The molecule has 0 atom stereocenters. The zero-order valence-corrected chi connectivity index (χ0v) is 6.88. The molecule has 0 saturated heterocycles. The van der Waals surface area contributed by atoms with Gasteiger partial charge >= 0.3 is 5.69 Å². The molecular formula is C7H5N3O4. The summed E-state index contributed by atoms with van der Waals surface area (Å²) in [6.45, 7) is -0.261. The maximum atomic E-state index is 10.5. The van der Waals surface area contributed by atoms with Crippen molar-refractivity contribution < 1.29 is 14.7 Å². The highest BCUT2D eigenvalue weighted by Gasteiger charge is 2.18. The van der Waals surface area contributed by atoms with Gasteiger partial charge in [-0.2, -0.15) is 0 Å². The van der Waals surface area contributed by atoms with Crippen LogP contribution in [0.3, 0.4) is 0 Å². The molecule has 2 aromatic rings. The normalized spacial score (nSPS) is 10.6. The van der Waals surface area contributed by atoms with Gasteiger partial charge in [0.2, 0.25) is 5.52 Å². The second-order valence-corrected chi connectivity index (χ2v) is 2.62. The summed E-state index contributed by atoms with van der Waals surface area (Å²) in [5, 5.41) is 26.3. The van der Waals surface area contributed by atoms with Crippen LogP contribution >= 0.6 is 0 Å². The minimum atomic E-state index is -0.576. The van der Waals surface area contributed by atoms with Gasteiger partial charge in [-0.1, -0.05) is 0 Å². The number of aliphatic hydroxyl groups is 1. The van der Waals surface area contributed by atoms with Gasteiger partial charge in [-0.25, -0.2) is 4.63 Å². The molecular weight excluding hydrogens is 190 g/mol. The maximum absolute atomic E-state index is 10.5. The minimum Gasteiger partial charge on any atom is -0.392 e. The smallest absolute Gasteiger partial charge is 0.300 e. The minimum absolute atomic E-state index is 0.0570. The Labute approximate surface area is 77.1 Å². The van der Waals surface area contributed by atoms with Crippen molar-refractivity contribution in [3.05, 3.63) is 27.8 Å². The number of benzene rings is 1. The van der Waals surface area contributed by atoms with Crippen LogP contribution in [0.5, 0.6) is 0 Å². The number of hydrogen-bond acceptors (Lipinski definition) is 6. The molecule has 0 saturated carbocycles. The molecule has 1 aromatic carbocycles. The fourth-order valence-electron chi connectivity index (χ4n) is 1.18. The third kappa shape index (κ3) is 1.11. The standard InChI is InChI=1S/C7H5N3O4/c11-3-4-1-2-5(10(12)13)7-6(4)8-14-9-7/h1-2,11H,3H2. The van der Waals surface area contributed by atoms with E-state index in [0.717, 1.165) is 0 Å². The number of nitrogens with zero attached hydrogens (tertiary/aromatic N) is 3. The van der Waals surface area contributed by atoms with Gasteiger partial charge in [0, 0.05) is 11.6 Å². The van der Waals surface area contributed by atoms with E-state index in [1.807, 2.05) is 0 Å². The average Bonchev–Trinajstić information content (AvgIpc) is 2.64. The molecule has 0 aliphatic rings. The van der Waals surface area contributed by atoms with Crippen molar-refractivity contribution in [3.63, 3.8) is 0 Å². The lowest BCUT2D eigenvalue weighted by Crippen LogP contribution is -1.92. The lowest BCUT2D eigenvalue weighted by Gasteiger charge is -1.95. The summed E-state index contributed by atoms with van der Waals surface area (Å²) in [4.78, 5) is 9.97. The van der Waals surface area contributed by atoms with E-state index in [2.05, 4.69) is 14.9 Å². The molecule has 72 valence electrons. The van der Waals surface area contributed by atoms with Crippen LogP contribution in [0.15, 0.2) is 16.8 Å². The molecule has 1 N–H and O–H groups in total. The Hall–Kier alpha value is -2.02. The third-order valence-corrected chi connectivity index (χ3v) is 1.84. The number of nitro benzene ring substituents is 1. The number of fused-ring (bicyclic) bond motifs is 1. The van der Waals surface area contributed by atoms with Gasteiger partial charge in [0.15, 0.2) is 0 Å². The Balaban J connectivity index is 2.78. The number of rotatable bonds is 2. The molecule has 0 radical (unpaired) electrons. The van der Waals surface area contributed by atoms with Crippen LogP contribution in [-0.4, -0.2) is 20.3 Å². The van der Waals surface area contributed by atoms with Gasteiger partial charge in [-0.15, -0.1) is 0 Å². The summed E-state index contributed by atoms with van der Waals surface area (Å²) in [5.41, 5.74) is 0.550. The highest BCUT2D eigenvalue weighted by Crippen LogP contribution is 2.25. The summed E-state index contributed by atoms with van der Waals surface area (Å²) in [6.07, 6.45) is 0. The molecule has 0 bridgehead atoms. The predicted molar refractivity (Wildman–Crippen MR) is 44.4 cm³/mol. The van der Waals surface area contributed by atoms with Crippen LogP contribution in [0.2, 0.25) is 0 Å². The molecule has 1 aromatic heterocycles. The SMILES string of the molecule is O=[N+]([O-])c1ccc(CO)c2nonc12. The molecule has 0 spiro atoms. The van der Waals surface area contributed by atoms with Crippen molar-refractivity contribution in [2.45, 2.75) is 6.61 Å². The van der Waals surface area contributed by atoms with E-state index in [1.54, 1.807) is 0 Å². The first-order chi connectivity index (χ1) is 6.74. The lowest BCUT2D eigenvalue weighted by molar-refractivity contribution is -0.383. The second kappa shape index (κ2) is 3.04. The van der Waals surface area contributed by atoms with E-state index in [4.69, 9.17) is 5.11 Å². The van der Waals surface area contributed by atoms with E-state index < -0.39 is 4.92 Å². The average molecular weight is 195 g/mol. The fourth-order valence-corrected chi connectivity index (χ4v) is 1.18. The fraction of sp³-hybridized carbons (Fsp3) is 0.143. The Kier molecular flexibility index (Phi) is 1.86. The monoisotopic (exact) mass is 195 g/mol. The van der Waals surface area contributed by atoms with Crippen LogP contribution in [0.25, 0.3) is 11.0 Å². The summed E-state index contributed by atoms with van der Waals surface area (Å²) in [6, 6.07) is 2.68. The molecule has 1 heterocycles. The Morgan fingerprint density at radius 3 is 2.79 bits per heavy atom. The molecule has 7 heteroatoms. The van der Waals surface area contributed by atoms with Crippen LogP contribution in [0, 0.1) is 10.1 Å².